The average Bonchev–Trinajstić information content (AvgIpc) is 2.90. The fraction of sp³-hybridized carbons (Fsp3) is 0.400. The second-order valence-electron chi connectivity index (χ2n) is 9.50. The molecule has 1 amide bonds. The van der Waals surface area contributed by atoms with Crippen molar-refractivity contribution in [3.63, 3.8) is 0 Å². The number of rotatable bonds is 14. The first-order valence-electron chi connectivity index (χ1n) is 12.9. The second-order valence-corrected chi connectivity index (χ2v) is 9.50. The molecule has 0 aliphatic carbocycles. The predicted octanol–water partition coefficient (Wildman–Crippen LogP) is 5.71. The quantitative estimate of drug-likeness (QED) is 0.272. The first-order valence-corrected chi connectivity index (χ1v) is 12.9. The Morgan fingerprint density at radius 3 is 2.38 bits per heavy atom. The summed E-state index contributed by atoms with van der Waals surface area (Å²) in [7, 11) is 3.47. The maximum atomic E-state index is 12.7. The lowest BCUT2D eigenvalue weighted by molar-refractivity contribution is 0.00987. The number of para-hydroxylation sites is 2. The number of amides is 1. The topological polar surface area (TPSA) is 97.9 Å². The average molecular weight is 506 g/mol. The van der Waals surface area contributed by atoms with Crippen molar-refractivity contribution < 1.29 is 19.4 Å². The summed E-state index contributed by atoms with van der Waals surface area (Å²) in [4.78, 5) is 18.4. The molecule has 0 aliphatic rings. The van der Waals surface area contributed by atoms with Crippen LogP contribution in [0.15, 0.2) is 66.9 Å². The molecule has 0 spiro atoms. The van der Waals surface area contributed by atoms with E-state index in [0.717, 1.165) is 42.6 Å². The Balaban J connectivity index is 1.70. The van der Waals surface area contributed by atoms with Gasteiger partial charge < -0.3 is 25.2 Å². The summed E-state index contributed by atoms with van der Waals surface area (Å²) in [5.41, 5.74) is 7.00. The molecule has 0 unspecified atom stereocenters. The Hall–Kier alpha value is -3.42. The Labute approximate surface area is 220 Å². The SMILES string of the molecule is COCCCC[C@](O)(CCCCN(C)C(=O)c1ccnc(N)c1)c1ccccc1Oc1ccccc1C. The van der Waals surface area contributed by atoms with Crippen LogP contribution in [0, 0.1) is 6.92 Å². The molecule has 1 atom stereocenters. The number of benzene rings is 2. The first-order chi connectivity index (χ1) is 17.8. The highest BCUT2D eigenvalue weighted by atomic mass is 16.5. The zero-order chi connectivity index (χ0) is 26.7. The van der Waals surface area contributed by atoms with Crippen LogP contribution in [-0.4, -0.2) is 48.2 Å². The summed E-state index contributed by atoms with van der Waals surface area (Å²) in [6.45, 7) is 3.24. The van der Waals surface area contributed by atoms with Gasteiger partial charge in [-0.15, -0.1) is 0 Å². The van der Waals surface area contributed by atoms with Gasteiger partial charge in [-0.3, -0.25) is 4.79 Å². The number of nitrogen functional groups attached to an aromatic ring is 1. The van der Waals surface area contributed by atoms with Gasteiger partial charge in [0.2, 0.25) is 0 Å². The van der Waals surface area contributed by atoms with Gasteiger partial charge in [-0.1, -0.05) is 36.4 Å². The molecule has 1 heterocycles. The zero-order valence-electron chi connectivity index (χ0n) is 22.2. The Kier molecular flexibility index (Phi) is 10.5. The molecule has 0 radical (unpaired) electrons. The van der Waals surface area contributed by atoms with Crippen LogP contribution in [-0.2, 0) is 10.3 Å². The van der Waals surface area contributed by atoms with E-state index in [2.05, 4.69) is 4.98 Å². The van der Waals surface area contributed by atoms with E-state index >= 15 is 0 Å². The summed E-state index contributed by atoms with van der Waals surface area (Å²) >= 11 is 0. The lowest BCUT2D eigenvalue weighted by atomic mass is 9.83. The molecule has 0 bridgehead atoms. The van der Waals surface area contributed by atoms with Crippen LogP contribution in [0.25, 0.3) is 0 Å². The Bertz CT molecular complexity index is 1150. The lowest BCUT2D eigenvalue weighted by Gasteiger charge is -2.31. The summed E-state index contributed by atoms with van der Waals surface area (Å²) < 4.78 is 11.5. The summed E-state index contributed by atoms with van der Waals surface area (Å²) in [5.74, 6) is 1.66. The predicted molar refractivity (Wildman–Crippen MR) is 147 cm³/mol. The van der Waals surface area contributed by atoms with Crippen molar-refractivity contribution in [2.24, 2.45) is 0 Å². The van der Waals surface area contributed by atoms with E-state index < -0.39 is 5.60 Å². The van der Waals surface area contributed by atoms with Gasteiger partial charge in [0.25, 0.3) is 5.91 Å². The van der Waals surface area contributed by atoms with Crippen molar-refractivity contribution in [1.29, 1.82) is 0 Å². The fourth-order valence-corrected chi connectivity index (χ4v) is 4.46. The number of pyridine rings is 1. The third-order valence-corrected chi connectivity index (χ3v) is 6.60. The maximum absolute atomic E-state index is 12.7. The third-order valence-electron chi connectivity index (χ3n) is 6.60. The zero-order valence-corrected chi connectivity index (χ0v) is 22.2. The highest BCUT2D eigenvalue weighted by molar-refractivity contribution is 5.94. The minimum atomic E-state index is -1.06. The maximum Gasteiger partial charge on any atom is 0.253 e. The van der Waals surface area contributed by atoms with Gasteiger partial charge in [0, 0.05) is 44.6 Å². The molecule has 3 rings (SSSR count). The lowest BCUT2D eigenvalue weighted by Crippen LogP contribution is -2.29. The van der Waals surface area contributed by atoms with Crippen molar-refractivity contribution in [2.45, 2.75) is 51.0 Å². The molecule has 1 aromatic heterocycles. The number of anilines is 1. The standard InChI is InChI=1S/C30H39N3O4/c1-23-12-4-6-14-26(23)37-27-15-7-5-13-25(27)30(35,18-9-11-21-36-3)17-8-10-20-33(2)29(34)24-16-19-32-28(31)22-24/h4-7,12-16,19,22,35H,8-11,17-18,20-21H2,1-3H3,(H2,31,32)/t30-/m1/s1. The molecular formula is C30H39N3O4. The fourth-order valence-electron chi connectivity index (χ4n) is 4.46. The summed E-state index contributed by atoms with van der Waals surface area (Å²) in [6, 6.07) is 18.8. The van der Waals surface area contributed by atoms with Crippen molar-refractivity contribution >= 4 is 11.7 Å². The van der Waals surface area contributed by atoms with Crippen LogP contribution >= 0.6 is 0 Å². The number of carbonyl (C=O) groups excluding carboxylic acids is 1. The molecule has 37 heavy (non-hydrogen) atoms. The van der Waals surface area contributed by atoms with E-state index in [9.17, 15) is 9.90 Å². The molecule has 7 nitrogen and oxygen atoms in total. The number of aromatic nitrogens is 1. The van der Waals surface area contributed by atoms with Crippen LogP contribution in [0.3, 0.4) is 0 Å². The first kappa shape index (κ1) is 28.2. The van der Waals surface area contributed by atoms with Gasteiger partial charge in [-0.25, -0.2) is 4.98 Å². The number of aliphatic hydroxyl groups is 1. The number of methoxy groups -OCH3 is 1. The minimum absolute atomic E-state index is 0.0964. The summed E-state index contributed by atoms with van der Waals surface area (Å²) in [6.07, 6.45) is 5.88. The number of nitrogens with zero attached hydrogens (tertiary/aromatic N) is 2. The van der Waals surface area contributed by atoms with Gasteiger partial charge in [0.05, 0.1) is 5.60 Å². The van der Waals surface area contributed by atoms with Crippen molar-refractivity contribution in [2.75, 3.05) is 33.0 Å². The van der Waals surface area contributed by atoms with Crippen molar-refractivity contribution in [3.05, 3.63) is 83.6 Å². The highest BCUT2D eigenvalue weighted by Gasteiger charge is 2.31. The van der Waals surface area contributed by atoms with Gasteiger partial charge in [0.15, 0.2) is 0 Å². The van der Waals surface area contributed by atoms with E-state index in [0.29, 0.717) is 43.1 Å². The molecule has 2 aromatic carbocycles. The number of ether oxygens (including phenoxy) is 2. The van der Waals surface area contributed by atoms with Crippen molar-refractivity contribution in [1.82, 2.24) is 9.88 Å². The largest absolute Gasteiger partial charge is 0.457 e. The molecule has 0 saturated carbocycles. The highest BCUT2D eigenvalue weighted by Crippen LogP contribution is 2.40. The molecule has 0 aliphatic heterocycles. The summed E-state index contributed by atoms with van der Waals surface area (Å²) in [5, 5.41) is 12.0. The minimum Gasteiger partial charge on any atom is -0.457 e. The monoisotopic (exact) mass is 505 g/mol. The van der Waals surface area contributed by atoms with Crippen LogP contribution in [0.5, 0.6) is 11.5 Å². The molecule has 0 saturated heterocycles. The van der Waals surface area contributed by atoms with Crippen LogP contribution in [0.2, 0.25) is 0 Å². The second kappa shape index (κ2) is 13.8. The number of carbonyl (C=O) groups is 1. The number of aryl methyl sites for hydroxylation is 1. The van der Waals surface area contributed by atoms with Crippen LogP contribution in [0.1, 0.15) is 60.0 Å². The molecule has 198 valence electrons. The Morgan fingerprint density at radius 2 is 1.68 bits per heavy atom. The Morgan fingerprint density at radius 1 is 1.00 bits per heavy atom. The molecular weight excluding hydrogens is 466 g/mol. The number of hydrogen-bond donors (Lipinski definition) is 2. The smallest absolute Gasteiger partial charge is 0.253 e. The van der Waals surface area contributed by atoms with E-state index in [1.54, 1.807) is 31.2 Å². The molecule has 3 aromatic rings. The van der Waals surface area contributed by atoms with E-state index in [1.165, 1.54) is 6.20 Å². The van der Waals surface area contributed by atoms with Gasteiger partial charge >= 0.3 is 0 Å². The van der Waals surface area contributed by atoms with Gasteiger partial charge in [-0.05, 0) is 75.3 Å². The molecule has 3 N–H and O–H groups in total. The van der Waals surface area contributed by atoms with E-state index in [-0.39, 0.29) is 5.91 Å². The van der Waals surface area contributed by atoms with E-state index in [1.807, 2.05) is 55.5 Å². The number of hydrogen-bond acceptors (Lipinski definition) is 6. The van der Waals surface area contributed by atoms with E-state index in [4.69, 9.17) is 15.2 Å². The van der Waals surface area contributed by atoms with Gasteiger partial charge in [-0.2, -0.15) is 0 Å². The third kappa shape index (κ3) is 8.03. The normalized spacial score (nSPS) is 12.6. The van der Waals surface area contributed by atoms with Gasteiger partial charge in [0.1, 0.15) is 17.3 Å². The van der Waals surface area contributed by atoms with Crippen molar-refractivity contribution in [3.8, 4) is 11.5 Å². The van der Waals surface area contributed by atoms with Crippen LogP contribution < -0.4 is 10.5 Å². The molecule has 0 fully saturated rings. The number of nitrogens with two attached hydrogens (primary N) is 1. The molecule has 7 heteroatoms. The van der Waals surface area contributed by atoms with Crippen LogP contribution in [0.4, 0.5) is 5.82 Å². The number of unbranched alkanes of at least 4 members (excludes halogenated alkanes) is 2.